The molecule has 1 amide bonds. The van der Waals surface area contributed by atoms with Gasteiger partial charge in [0.15, 0.2) is 4.34 Å². The lowest BCUT2D eigenvalue weighted by Gasteiger charge is -2.07. The Balaban J connectivity index is 1.88. The number of thiazole rings is 1. The van der Waals surface area contributed by atoms with Crippen molar-refractivity contribution in [1.82, 2.24) is 20.1 Å². The van der Waals surface area contributed by atoms with Crippen molar-refractivity contribution in [3.63, 3.8) is 0 Å². The highest BCUT2D eigenvalue weighted by atomic mass is 32.2. The topological polar surface area (TPSA) is 59.0 Å². The molecule has 2 rings (SSSR count). The van der Waals surface area contributed by atoms with E-state index in [0.29, 0.717) is 6.42 Å². The van der Waals surface area contributed by atoms with Gasteiger partial charge in [-0.3, -0.25) is 4.79 Å². The number of hydrogen-bond donors (Lipinski definition) is 0. The Hall–Kier alpha value is -0.990. The number of likely N-dealkylation sites (N-methyl/N-ethyl adjacent to an activating group) is 1. The fraction of sp³-hybridized carbons (Fsp3) is 0.400. The molecule has 96 valence electrons. The van der Waals surface area contributed by atoms with Gasteiger partial charge in [-0.05, 0) is 0 Å². The SMILES string of the molecule is CN(C)C(=O)Cc1nc(CSc2nncs2)cs1. The zero-order chi connectivity index (χ0) is 13.0. The number of thioether (sulfide) groups is 1. The summed E-state index contributed by atoms with van der Waals surface area (Å²) in [6.45, 7) is 0. The lowest BCUT2D eigenvalue weighted by atomic mass is 10.4. The molecule has 2 aromatic heterocycles. The molecule has 0 atom stereocenters. The summed E-state index contributed by atoms with van der Waals surface area (Å²) in [6, 6.07) is 0. The number of carbonyl (C=O) groups is 1. The first-order chi connectivity index (χ1) is 8.65. The molecule has 0 bridgehead atoms. The smallest absolute Gasteiger partial charge is 0.228 e. The van der Waals surface area contributed by atoms with Crippen molar-refractivity contribution in [2.45, 2.75) is 16.5 Å². The summed E-state index contributed by atoms with van der Waals surface area (Å²) >= 11 is 4.66. The third kappa shape index (κ3) is 3.76. The van der Waals surface area contributed by atoms with Crippen LogP contribution >= 0.6 is 34.4 Å². The van der Waals surface area contributed by atoms with E-state index in [2.05, 4.69) is 15.2 Å². The molecule has 0 aliphatic heterocycles. The predicted molar refractivity (Wildman–Crippen MR) is 74.0 cm³/mol. The molecule has 0 fully saturated rings. The number of nitrogens with zero attached hydrogens (tertiary/aromatic N) is 4. The van der Waals surface area contributed by atoms with E-state index in [1.54, 1.807) is 36.3 Å². The summed E-state index contributed by atoms with van der Waals surface area (Å²) in [7, 11) is 3.50. The summed E-state index contributed by atoms with van der Waals surface area (Å²) in [4.78, 5) is 17.6. The van der Waals surface area contributed by atoms with Crippen LogP contribution in [0.15, 0.2) is 15.2 Å². The van der Waals surface area contributed by atoms with Gasteiger partial charge in [0.05, 0.1) is 12.1 Å². The molecule has 2 aromatic rings. The molecular weight excluding hydrogens is 288 g/mol. The third-order valence-electron chi connectivity index (χ3n) is 2.08. The molecule has 2 heterocycles. The largest absolute Gasteiger partial charge is 0.348 e. The standard InChI is InChI=1S/C10H12N4OS3/c1-14(2)9(15)3-8-12-7(4-16-8)5-17-10-13-11-6-18-10/h4,6H,3,5H2,1-2H3. The van der Waals surface area contributed by atoms with Crippen LogP contribution in [-0.2, 0) is 17.0 Å². The molecule has 0 aromatic carbocycles. The minimum Gasteiger partial charge on any atom is -0.348 e. The van der Waals surface area contributed by atoms with E-state index >= 15 is 0 Å². The Morgan fingerprint density at radius 2 is 2.28 bits per heavy atom. The quantitative estimate of drug-likeness (QED) is 0.790. The summed E-state index contributed by atoms with van der Waals surface area (Å²) in [5.41, 5.74) is 2.70. The van der Waals surface area contributed by atoms with Crippen LogP contribution in [0, 0.1) is 0 Å². The second kappa shape index (κ2) is 6.26. The van der Waals surface area contributed by atoms with Crippen LogP contribution in [0.4, 0.5) is 0 Å². The fourth-order valence-electron chi connectivity index (χ4n) is 1.15. The van der Waals surface area contributed by atoms with Crippen molar-refractivity contribution >= 4 is 40.3 Å². The van der Waals surface area contributed by atoms with Crippen molar-refractivity contribution in [3.8, 4) is 0 Å². The molecule has 0 unspecified atom stereocenters. The highest BCUT2D eigenvalue weighted by Crippen LogP contribution is 2.24. The van der Waals surface area contributed by atoms with Crippen LogP contribution in [0.2, 0.25) is 0 Å². The van der Waals surface area contributed by atoms with Crippen molar-refractivity contribution < 1.29 is 4.79 Å². The van der Waals surface area contributed by atoms with Crippen molar-refractivity contribution in [1.29, 1.82) is 0 Å². The van der Waals surface area contributed by atoms with Crippen LogP contribution in [0.25, 0.3) is 0 Å². The molecule has 8 heteroatoms. The Morgan fingerprint density at radius 3 is 2.94 bits per heavy atom. The highest BCUT2D eigenvalue weighted by molar-refractivity contribution is 8.00. The number of carbonyl (C=O) groups excluding carboxylic acids is 1. The Kier molecular flexibility index (Phi) is 4.67. The summed E-state index contributed by atoms with van der Waals surface area (Å²) in [5, 5.41) is 10.6. The molecule has 0 aliphatic rings. The molecule has 0 saturated heterocycles. The lowest BCUT2D eigenvalue weighted by Crippen LogP contribution is -2.23. The van der Waals surface area contributed by atoms with E-state index < -0.39 is 0 Å². The average Bonchev–Trinajstić information content (AvgIpc) is 2.96. The van der Waals surface area contributed by atoms with E-state index in [0.717, 1.165) is 20.8 Å². The molecule has 0 aliphatic carbocycles. The molecule has 18 heavy (non-hydrogen) atoms. The molecule has 0 spiro atoms. The summed E-state index contributed by atoms with van der Waals surface area (Å²) in [5.74, 6) is 0.842. The second-order valence-corrected chi connectivity index (χ2v) is 6.69. The average molecular weight is 300 g/mol. The van der Waals surface area contributed by atoms with E-state index in [4.69, 9.17) is 0 Å². The first kappa shape index (κ1) is 13.4. The van der Waals surface area contributed by atoms with Gasteiger partial charge in [-0.25, -0.2) is 4.98 Å². The Labute approximate surface area is 117 Å². The van der Waals surface area contributed by atoms with Gasteiger partial charge < -0.3 is 4.90 Å². The number of hydrogen-bond acceptors (Lipinski definition) is 7. The van der Waals surface area contributed by atoms with E-state index in [1.165, 1.54) is 22.7 Å². The van der Waals surface area contributed by atoms with Gasteiger partial charge >= 0.3 is 0 Å². The zero-order valence-electron chi connectivity index (χ0n) is 9.99. The summed E-state index contributed by atoms with van der Waals surface area (Å²) < 4.78 is 0.939. The van der Waals surface area contributed by atoms with Gasteiger partial charge in [0, 0.05) is 25.2 Å². The first-order valence-corrected chi connectivity index (χ1v) is 7.92. The van der Waals surface area contributed by atoms with Gasteiger partial charge in [-0.2, -0.15) is 0 Å². The van der Waals surface area contributed by atoms with Crippen LogP contribution in [0.1, 0.15) is 10.7 Å². The predicted octanol–water partition coefficient (Wildman–Crippen LogP) is 1.92. The van der Waals surface area contributed by atoms with E-state index in [1.807, 2.05) is 5.38 Å². The molecule has 0 saturated carbocycles. The minimum atomic E-state index is 0.0766. The van der Waals surface area contributed by atoms with Gasteiger partial charge in [0.1, 0.15) is 10.5 Å². The summed E-state index contributed by atoms with van der Waals surface area (Å²) in [6.07, 6.45) is 0.376. The van der Waals surface area contributed by atoms with Crippen LogP contribution in [0.5, 0.6) is 0 Å². The van der Waals surface area contributed by atoms with Crippen LogP contribution < -0.4 is 0 Å². The van der Waals surface area contributed by atoms with E-state index in [-0.39, 0.29) is 5.91 Å². The van der Waals surface area contributed by atoms with Crippen LogP contribution in [-0.4, -0.2) is 40.1 Å². The minimum absolute atomic E-state index is 0.0766. The molecule has 5 nitrogen and oxygen atoms in total. The number of rotatable bonds is 5. The zero-order valence-corrected chi connectivity index (χ0v) is 12.4. The van der Waals surface area contributed by atoms with Gasteiger partial charge in [-0.15, -0.1) is 21.5 Å². The monoisotopic (exact) mass is 300 g/mol. The van der Waals surface area contributed by atoms with Crippen LogP contribution in [0.3, 0.4) is 0 Å². The second-order valence-electron chi connectivity index (χ2n) is 3.69. The maximum atomic E-state index is 11.5. The number of amides is 1. The normalized spacial score (nSPS) is 10.6. The van der Waals surface area contributed by atoms with Crippen molar-refractivity contribution in [2.75, 3.05) is 14.1 Å². The molecule has 0 radical (unpaired) electrons. The maximum absolute atomic E-state index is 11.5. The van der Waals surface area contributed by atoms with E-state index in [9.17, 15) is 4.79 Å². The fourth-order valence-corrected chi connectivity index (χ4v) is 3.42. The van der Waals surface area contributed by atoms with Gasteiger partial charge in [-0.1, -0.05) is 23.1 Å². The van der Waals surface area contributed by atoms with Gasteiger partial charge in [0.25, 0.3) is 0 Å². The lowest BCUT2D eigenvalue weighted by molar-refractivity contribution is -0.127. The number of aromatic nitrogens is 3. The first-order valence-electron chi connectivity index (χ1n) is 5.17. The Morgan fingerprint density at radius 1 is 1.44 bits per heavy atom. The molecule has 0 N–H and O–H groups in total. The van der Waals surface area contributed by atoms with Crippen molar-refractivity contribution in [3.05, 3.63) is 21.6 Å². The third-order valence-corrected chi connectivity index (χ3v) is 4.88. The van der Waals surface area contributed by atoms with Crippen molar-refractivity contribution in [2.24, 2.45) is 0 Å². The highest BCUT2D eigenvalue weighted by Gasteiger charge is 2.10. The molecular formula is C10H12N4OS3. The Bertz CT molecular complexity index is 509. The maximum Gasteiger partial charge on any atom is 0.228 e. The van der Waals surface area contributed by atoms with Gasteiger partial charge in [0.2, 0.25) is 5.91 Å².